The van der Waals surface area contributed by atoms with Gasteiger partial charge in [0, 0.05) is 23.6 Å². The van der Waals surface area contributed by atoms with E-state index >= 15 is 0 Å². The molecule has 0 N–H and O–H groups in total. The van der Waals surface area contributed by atoms with Gasteiger partial charge in [-0.1, -0.05) is 37.3 Å². The van der Waals surface area contributed by atoms with E-state index in [-0.39, 0.29) is 16.6 Å². The van der Waals surface area contributed by atoms with Gasteiger partial charge in [0.25, 0.3) is 0 Å². The second kappa shape index (κ2) is 6.33. The van der Waals surface area contributed by atoms with Crippen LogP contribution in [0.25, 0.3) is 5.57 Å². The Morgan fingerprint density at radius 3 is 2.94 bits per heavy atom. The molecule has 3 heteroatoms. The van der Waals surface area contributed by atoms with Gasteiger partial charge >= 0.3 is 0 Å². The SMILES string of the molecule is CN(C)[C@@H]1CCC2=CC3=CC[C@]4(C)C(c5ccc6c(c5)C=NC6)=CC[C@H]4C34CC[C@]2(C1)O4. The summed E-state index contributed by atoms with van der Waals surface area (Å²) in [5.74, 6) is 0.531. The average molecular weight is 427 g/mol. The van der Waals surface area contributed by atoms with E-state index in [0.29, 0.717) is 12.0 Å². The Labute approximate surface area is 191 Å². The first-order chi connectivity index (χ1) is 15.4. The highest BCUT2D eigenvalue weighted by Gasteiger charge is 2.65. The molecule has 0 amide bonds. The van der Waals surface area contributed by atoms with Crippen molar-refractivity contribution in [3.05, 3.63) is 64.3 Å². The lowest BCUT2D eigenvalue weighted by Crippen LogP contribution is -2.54. The van der Waals surface area contributed by atoms with E-state index in [1.807, 2.05) is 6.21 Å². The molecule has 0 aromatic heterocycles. The van der Waals surface area contributed by atoms with Crippen LogP contribution >= 0.6 is 0 Å². The van der Waals surface area contributed by atoms with Gasteiger partial charge in [-0.25, -0.2) is 0 Å². The van der Waals surface area contributed by atoms with Crippen molar-refractivity contribution in [3.63, 3.8) is 0 Å². The summed E-state index contributed by atoms with van der Waals surface area (Å²) in [6, 6.07) is 7.63. The number of benzene rings is 1. The first-order valence-corrected chi connectivity index (χ1v) is 12.6. The van der Waals surface area contributed by atoms with Gasteiger partial charge in [0.05, 0.1) is 17.7 Å². The molecule has 2 fully saturated rings. The molecule has 3 aliphatic heterocycles. The zero-order valence-electron chi connectivity index (χ0n) is 19.7. The van der Waals surface area contributed by atoms with Crippen molar-refractivity contribution < 1.29 is 4.74 Å². The van der Waals surface area contributed by atoms with Crippen molar-refractivity contribution in [2.75, 3.05) is 14.1 Å². The van der Waals surface area contributed by atoms with Gasteiger partial charge in [-0.3, -0.25) is 4.99 Å². The van der Waals surface area contributed by atoms with Gasteiger partial charge in [0.1, 0.15) is 0 Å². The molecule has 3 aliphatic carbocycles. The molecule has 1 unspecified atom stereocenters. The Morgan fingerprint density at radius 1 is 1.16 bits per heavy atom. The van der Waals surface area contributed by atoms with E-state index in [1.165, 1.54) is 53.5 Å². The Morgan fingerprint density at radius 2 is 2.06 bits per heavy atom. The number of fused-ring (bicyclic) bond motifs is 2. The van der Waals surface area contributed by atoms with Gasteiger partial charge in [0.15, 0.2) is 0 Å². The second-order valence-corrected chi connectivity index (χ2v) is 11.6. The minimum absolute atomic E-state index is 0.0183. The quantitative estimate of drug-likeness (QED) is 0.606. The number of hydrogen-bond acceptors (Lipinski definition) is 3. The van der Waals surface area contributed by atoms with Gasteiger partial charge < -0.3 is 9.64 Å². The molecule has 1 aromatic carbocycles. The summed E-state index contributed by atoms with van der Waals surface area (Å²) in [5, 5.41) is 0. The molecule has 0 radical (unpaired) electrons. The van der Waals surface area contributed by atoms with Crippen LogP contribution in [0.2, 0.25) is 0 Å². The average Bonchev–Trinajstić information content (AvgIpc) is 3.47. The zero-order chi connectivity index (χ0) is 21.7. The molecular weight excluding hydrogens is 392 g/mol. The molecule has 6 aliphatic rings. The smallest absolute Gasteiger partial charge is 0.0980 e. The predicted octanol–water partition coefficient (Wildman–Crippen LogP) is 5.70. The van der Waals surface area contributed by atoms with Crippen molar-refractivity contribution >= 4 is 11.8 Å². The molecule has 1 saturated heterocycles. The van der Waals surface area contributed by atoms with E-state index in [1.54, 1.807) is 5.57 Å². The molecule has 2 spiro atoms. The Bertz CT molecular complexity index is 1140. The standard InChI is InChI=1S/C29H34N2O/c1-27-11-10-23-15-22-6-7-24(31(2)3)16-28(22)12-13-29(23,32-28)26(27)9-8-25(27)19-4-5-20-17-30-18-21(20)14-19/h4-5,8,10,14-15,18,24,26H,6-7,9,11-13,16-17H2,1-3H3/t24-,26-,27-,28-,29?/m1/s1. The lowest BCUT2D eigenvalue weighted by Gasteiger charge is -2.54. The fraction of sp³-hybridized carbons (Fsp3) is 0.552. The molecule has 32 heavy (non-hydrogen) atoms. The van der Waals surface area contributed by atoms with Crippen LogP contribution in [0, 0.1) is 11.3 Å². The number of allylic oxidation sites excluding steroid dienone is 3. The number of ether oxygens (including phenoxy) is 1. The van der Waals surface area contributed by atoms with Crippen molar-refractivity contribution in [2.45, 2.75) is 75.7 Å². The first kappa shape index (κ1) is 19.5. The van der Waals surface area contributed by atoms with Gasteiger partial charge in [-0.15, -0.1) is 0 Å². The molecule has 3 heterocycles. The summed E-state index contributed by atoms with van der Waals surface area (Å²) >= 11 is 0. The summed E-state index contributed by atoms with van der Waals surface area (Å²) in [6.07, 6.45) is 18.0. The van der Waals surface area contributed by atoms with E-state index in [2.05, 4.69) is 67.3 Å². The normalized spacial score (nSPS) is 40.9. The van der Waals surface area contributed by atoms with Crippen molar-refractivity contribution in [1.29, 1.82) is 0 Å². The van der Waals surface area contributed by atoms with Crippen LogP contribution in [0.4, 0.5) is 0 Å². The van der Waals surface area contributed by atoms with Crippen LogP contribution in [0.3, 0.4) is 0 Å². The van der Waals surface area contributed by atoms with Crippen LogP contribution in [-0.4, -0.2) is 42.5 Å². The van der Waals surface area contributed by atoms with Crippen molar-refractivity contribution in [1.82, 2.24) is 4.90 Å². The van der Waals surface area contributed by atoms with Gasteiger partial charge in [-0.2, -0.15) is 0 Å². The Balaban J connectivity index is 1.28. The fourth-order valence-corrected chi connectivity index (χ4v) is 8.12. The van der Waals surface area contributed by atoms with E-state index in [9.17, 15) is 0 Å². The molecule has 3 nitrogen and oxygen atoms in total. The maximum Gasteiger partial charge on any atom is 0.0980 e. The zero-order valence-corrected chi connectivity index (χ0v) is 19.7. The third-order valence-corrected chi connectivity index (χ3v) is 9.92. The third kappa shape index (κ3) is 2.37. The largest absolute Gasteiger partial charge is 0.359 e. The maximum absolute atomic E-state index is 7.38. The molecule has 1 aromatic rings. The van der Waals surface area contributed by atoms with Crippen molar-refractivity contribution in [3.8, 4) is 0 Å². The molecule has 7 rings (SSSR count). The third-order valence-electron chi connectivity index (χ3n) is 9.92. The van der Waals surface area contributed by atoms with E-state index in [4.69, 9.17) is 4.74 Å². The highest BCUT2D eigenvalue weighted by Crippen LogP contribution is 2.67. The highest BCUT2D eigenvalue weighted by molar-refractivity contribution is 5.87. The summed E-state index contributed by atoms with van der Waals surface area (Å²) in [7, 11) is 4.47. The summed E-state index contributed by atoms with van der Waals surface area (Å²) in [6.45, 7) is 3.35. The summed E-state index contributed by atoms with van der Waals surface area (Å²) < 4.78 is 7.38. The molecule has 2 bridgehead atoms. The number of aliphatic imine (C=N–C) groups is 1. The fourth-order valence-electron chi connectivity index (χ4n) is 8.12. The second-order valence-electron chi connectivity index (χ2n) is 11.6. The minimum Gasteiger partial charge on any atom is -0.359 e. The summed E-state index contributed by atoms with van der Waals surface area (Å²) in [5.41, 5.74) is 8.70. The van der Waals surface area contributed by atoms with Crippen LogP contribution in [0.15, 0.2) is 52.6 Å². The molecule has 1 saturated carbocycles. The highest BCUT2D eigenvalue weighted by atomic mass is 16.5. The monoisotopic (exact) mass is 426 g/mol. The van der Waals surface area contributed by atoms with E-state index < -0.39 is 0 Å². The topological polar surface area (TPSA) is 24.8 Å². The lowest BCUT2D eigenvalue weighted by atomic mass is 9.58. The van der Waals surface area contributed by atoms with Crippen LogP contribution in [0.5, 0.6) is 0 Å². The lowest BCUT2D eigenvalue weighted by molar-refractivity contribution is -0.134. The molecular formula is C29H34N2O. The van der Waals surface area contributed by atoms with Gasteiger partial charge in [-0.05, 0) is 98.5 Å². The molecule has 5 atom stereocenters. The maximum atomic E-state index is 7.38. The van der Waals surface area contributed by atoms with Gasteiger partial charge in [0.2, 0.25) is 0 Å². The summed E-state index contributed by atoms with van der Waals surface area (Å²) in [4.78, 5) is 6.89. The molecule has 166 valence electrons. The van der Waals surface area contributed by atoms with Crippen LogP contribution < -0.4 is 0 Å². The van der Waals surface area contributed by atoms with Crippen molar-refractivity contribution in [2.24, 2.45) is 16.3 Å². The minimum atomic E-state index is -0.0961. The first-order valence-electron chi connectivity index (χ1n) is 12.6. The van der Waals surface area contributed by atoms with Crippen LogP contribution in [0.1, 0.15) is 68.6 Å². The van der Waals surface area contributed by atoms with Crippen LogP contribution in [-0.2, 0) is 11.3 Å². The Kier molecular flexibility index (Phi) is 3.86. The number of rotatable bonds is 2. The Hall–Kier alpha value is -1.97. The number of hydrogen-bond donors (Lipinski definition) is 0. The number of nitrogens with zero attached hydrogens (tertiary/aromatic N) is 2. The van der Waals surface area contributed by atoms with E-state index in [0.717, 1.165) is 25.8 Å². The predicted molar refractivity (Wildman–Crippen MR) is 130 cm³/mol.